The van der Waals surface area contributed by atoms with Crippen molar-refractivity contribution in [2.75, 3.05) is 7.05 Å². The maximum atomic E-state index is 12.5. The molecule has 0 atom stereocenters. The van der Waals surface area contributed by atoms with Crippen LogP contribution in [0.4, 0.5) is 0 Å². The van der Waals surface area contributed by atoms with Gasteiger partial charge in [0.15, 0.2) is 0 Å². The van der Waals surface area contributed by atoms with Crippen LogP contribution in [-0.4, -0.2) is 23.0 Å². The maximum absolute atomic E-state index is 12.5. The molecule has 1 heterocycles. The lowest BCUT2D eigenvalue weighted by Crippen LogP contribution is -2.26. The first-order valence-corrected chi connectivity index (χ1v) is 7.17. The molecule has 112 valence electrons. The molecular weight excluding hydrogens is 264 g/mol. The molecule has 21 heavy (non-hydrogen) atoms. The summed E-state index contributed by atoms with van der Waals surface area (Å²) in [6.07, 6.45) is 0. The van der Waals surface area contributed by atoms with E-state index in [1.165, 1.54) is 5.56 Å². The summed E-state index contributed by atoms with van der Waals surface area (Å²) in [6, 6.07) is 7.82. The Balaban J connectivity index is 2.18. The van der Waals surface area contributed by atoms with Crippen LogP contribution < -0.4 is 0 Å². The van der Waals surface area contributed by atoms with Gasteiger partial charge in [0.05, 0.1) is 12.2 Å². The van der Waals surface area contributed by atoms with E-state index in [4.69, 9.17) is 4.52 Å². The molecule has 0 saturated carbocycles. The minimum atomic E-state index is 0.0116. The zero-order chi connectivity index (χ0) is 15.6. The van der Waals surface area contributed by atoms with Crippen molar-refractivity contribution in [1.29, 1.82) is 0 Å². The predicted octanol–water partition coefficient (Wildman–Crippen LogP) is 3.69. The number of hydrogen-bond acceptors (Lipinski definition) is 3. The van der Waals surface area contributed by atoms with Crippen LogP contribution in [0.15, 0.2) is 28.8 Å². The molecule has 4 nitrogen and oxygen atoms in total. The van der Waals surface area contributed by atoms with Crippen LogP contribution in [0.1, 0.15) is 52.7 Å². The largest absolute Gasteiger partial charge is 0.361 e. The van der Waals surface area contributed by atoms with E-state index in [9.17, 15) is 4.79 Å². The van der Waals surface area contributed by atoms with E-state index in [-0.39, 0.29) is 5.91 Å². The Morgan fingerprint density at radius 1 is 1.33 bits per heavy atom. The number of benzene rings is 1. The third kappa shape index (κ3) is 3.32. The van der Waals surface area contributed by atoms with Gasteiger partial charge in [0.2, 0.25) is 0 Å². The van der Waals surface area contributed by atoms with Crippen LogP contribution in [0.25, 0.3) is 0 Å². The summed E-state index contributed by atoms with van der Waals surface area (Å²) in [7, 11) is 1.80. The molecule has 0 unspecified atom stereocenters. The average molecular weight is 286 g/mol. The summed E-state index contributed by atoms with van der Waals surface area (Å²) >= 11 is 0. The van der Waals surface area contributed by atoms with Crippen LogP contribution in [0.2, 0.25) is 0 Å². The predicted molar refractivity (Wildman–Crippen MR) is 82.3 cm³/mol. The molecule has 0 bridgehead atoms. The van der Waals surface area contributed by atoms with Crippen LogP contribution in [0.3, 0.4) is 0 Å². The minimum absolute atomic E-state index is 0.0116. The molecule has 1 amide bonds. The van der Waals surface area contributed by atoms with Gasteiger partial charge in [-0.2, -0.15) is 0 Å². The SMILES string of the molecule is Cc1noc(C)c1CN(C)C(=O)c1cccc(C(C)C)c1. The number of amides is 1. The zero-order valence-electron chi connectivity index (χ0n) is 13.3. The normalized spacial score (nSPS) is 11.0. The van der Waals surface area contributed by atoms with Gasteiger partial charge in [-0.15, -0.1) is 0 Å². The first-order chi connectivity index (χ1) is 9.90. The van der Waals surface area contributed by atoms with E-state index in [0.29, 0.717) is 12.5 Å². The van der Waals surface area contributed by atoms with E-state index in [1.54, 1.807) is 11.9 Å². The summed E-state index contributed by atoms with van der Waals surface area (Å²) in [4.78, 5) is 14.2. The van der Waals surface area contributed by atoms with Gasteiger partial charge in [0.1, 0.15) is 5.76 Å². The lowest BCUT2D eigenvalue weighted by Gasteiger charge is -2.18. The van der Waals surface area contributed by atoms with Gasteiger partial charge >= 0.3 is 0 Å². The second kappa shape index (κ2) is 6.12. The quantitative estimate of drug-likeness (QED) is 0.861. The summed E-state index contributed by atoms with van der Waals surface area (Å²) < 4.78 is 5.14. The van der Waals surface area contributed by atoms with E-state index in [0.717, 1.165) is 22.6 Å². The lowest BCUT2D eigenvalue weighted by atomic mass is 10.0. The summed E-state index contributed by atoms with van der Waals surface area (Å²) in [5, 5.41) is 3.93. The topological polar surface area (TPSA) is 46.3 Å². The molecule has 0 spiro atoms. The van der Waals surface area contributed by atoms with Crippen LogP contribution in [-0.2, 0) is 6.54 Å². The number of carbonyl (C=O) groups is 1. The molecule has 1 aromatic carbocycles. The number of carbonyl (C=O) groups excluding carboxylic acids is 1. The molecule has 0 aliphatic heterocycles. The van der Waals surface area contributed by atoms with Crippen molar-refractivity contribution in [2.45, 2.75) is 40.2 Å². The number of aromatic nitrogens is 1. The Morgan fingerprint density at radius 3 is 2.62 bits per heavy atom. The van der Waals surface area contributed by atoms with Crippen molar-refractivity contribution in [3.63, 3.8) is 0 Å². The Hall–Kier alpha value is -2.10. The number of rotatable bonds is 4. The highest BCUT2D eigenvalue weighted by Gasteiger charge is 2.17. The molecule has 2 rings (SSSR count). The van der Waals surface area contributed by atoms with Gasteiger partial charge in [-0.3, -0.25) is 4.79 Å². The zero-order valence-corrected chi connectivity index (χ0v) is 13.3. The van der Waals surface area contributed by atoms with E-state index < -0.39 is 0 Å². The van der Waals surface area contributed by atoms with Crippen molar-refractivity contribution in [3.8, 4) is 0 Å². The average Bonchev–Trinajstić information content (AvgIpc) is 2.78. The fourth-order valence-electron chi connectivity index (χ4n) is 2.29. The minimum Gasteiger partial charge on any atom is -0.361 e. The van der Waals surface area contributed by atoms with Gasteiger partial charge in [-0.25, -0.2) is 0 Å². The highest BCUT2D eigenvalue weighted by atomic mass is 16.5. The number of aryl methyl sites for hydroxylation is 2. The van der Waals surface area contributed by atoms with Gasteiger partial charge in [0, 0.05) is 18.2 Å². The summed E-state index contributed by atoms with van der Waals surface area (Å²) in [5.41, 5.74) is 3.70. The fraction of sp³-hybridized carbons (Fsp3) is 0.412. The van der Waals surface area contributed by atoms with Crippen LogP contribution in [0, 0.1) is 13.8 Å². The first kappa shape index (κ1) is 15.3. The summed E-state index contributed by atoms with van der Waals surface area (Å²) in [6.45, 7) is 8.51. The summed E-state index contributed by atoms with van der Waals surface area (Å²) in [5.74, 6) is 1.19. The molecule has 0 radical (unpaired) electrons. The Bertz CT molecular complexity index is 624. The number of hydrogen-bond donors (Lipinski definition) is 0. The Morgan fingerprint density at radius 2 is 2.05 bits per heavy atom. The van der Waals surface area contributed by atoms with Crippen molar-refractivity contribution in [3.05, 3.63) is 52.4 Å². The van der Waals surface area contributed by atoms with Crippen molar-refractivity contribution in [2.24, 2.45) is 0 Å². The fourth-order valence-corrected chi connectivity index (χ4v) is 2.29. The van der Waals surface area contributed by atoms with Crippen LogP contribution >= 0.6 is 0 Å². The monoisotopic (exact) mass is 286 g/mol. The second-order valence-corrected chi connectivity index (χ2v) is 5.74. The van der Waals surface area contributed by atoms with E-state index >= 15 is 0 Å². The van der Waals surface area contributed by atoms with Gasteiger partial charge < -0.3 is 9.42 Å². The van der Waals surface area contributed by atoms with Crippen molar-refractivity contribution < 1.29 is 9.32 Å². The highest BCUT2D eigenvalue weighted by molar-refractivity contribution is 5.94. The second-order valence-electron chi connectivity index (χ2n) is 5.74. The molecule has 0 N–H and O–H groups in total. The number of nitrogens with zero attached hydrogens (tertiary/aromatic N) is 2. The Labute approximate surface area is 125 Å². The van der Waals surface area contributed by atoms with Gasteiger partial charge in [-0.05, 0) is 37.5 Å². The molecule has 0 fully saturated rings. The van der Waals surface area contributed by atoms with E-state index in [2.05, 4.69) is 25.1 Å². The molecule has 0 aliphatic rings. The van der Waals surface area contributed by atoms with Crippen molar-refractivity contribution in [1.82, 2.24) is 10.1 Å². The molecule has 0 aliphatic carbocycles. The standard InChI is InChI=1S/C17H22N2O2/c1-11(2)14-7-6-8-15(9-14)17(20)19(5)10-16-12(3)18-21-13(16)4/h6-9,11H,10H2,1-5H3. The van der Waals surface area contributed by atoms with Gasteiger partial charge in [0.25, 0.3) is 5.91 Å². The van der Waals surface area contributed by atoms with Gasteiger partial charge in [-0.1, -0.05) is 31.1 Å². The molecule has 1 aromatic heterocycles. The molecule has 2 aromatic rings. The third-order valence-corrected chi connectivity index (χ3v) is 3.72. The Kier molecular flexibility index (Phi) is 4.46. The van der Waals surface area contributed by atoms with E-state index in [1.807, 2.05) is 32.0 Å². The van der Waals surface area contributed by atoms with Crippen LogP contribution in [0.5, 0.6) is 0 Å². The van der Waals surface area contributed by atoms with Crippen molar-refractivity contribution >= 4 is 5.91 Å². The highest BCUT2D eigenvalue weighted by Crippen LogP contribution is 2.18. The molecule has 0 saturated heterocycles. The molecular formula is C17H22N2O2. The smallest absolute Gasteiger partial charge is 0.253 e. The third-order valence-electron chi connectivity index (χ3n) is 3.72. The lowest BCUT2D eigenvalue weighted by molar-refractivity contribution is 0.0784. The maximum Gasteiger partial charge on any atom is 0.253 e. The molecule has 4 heteroatoms. The first-order valence-electron chi connectivity index (χ1n) is 7.17.